The molecule has 5 nitrogen and oxygen atoms in total. The number of aromatic amines is 1. The van der Waals surface area contributed by atoms with Crippen molar-refractivity contribution in [1.29, 1.82) is 10.8 Å². The molecule has 0 saturated carbocycles. The van der Waals surface area contributed by atoms with Gasteiger partial charge in [-0.3, -0.25) is 10.8 Å². The molecule has 0 aliphatic rings. The van der Waals surface area contributed by atoms with Crippen LogP contribution >= 0.6 is 0 Å². The molecular formula is C16H15N5. The van der Waals surface area contributed by atoms with Gasteiger partial charge in [-0.15, -0.1) is 0 Å². The van der Waals surface area contributed by atoms with E-state index in [0.29, 0.717) is 11.1 Å². The number of amidine groups is 2. The Kier molecular flexibility index (Phi) is 2.95. The van der Waals surface area contributed by atoms with Gasteiger partial charge in [-0.2, -0.15) is 0 Å². The zero-order valence-electron chi connectivity index (χ0n) is 11.3. The Morgan fingerprint density at radius 3 is 2.24 bits per heavy atom. The average Bonchev–Trinajstić information content (AvgIpc) is 2.90. The maximum Gasteiger partial charge on any atom is 0.124 e. The maximum absolute atomic E-state index is 7.78. The summed E-state index contributed by atoms with van der Waals surface area (Å²) in [6.45, 7) is 0. The summed E-state index contributed by atoms with van der Waals surface area (Å²) in [5, 5.41) is 16.2. The summed E-state index contributed by atoms with van der Waals surface area (Å²) in [5.41, 5.74) is 15.1. The fourth-order valence-electron chi connectivity index (χ4n) is 2.49. The molecule has 5 heteroatoms. The highest BCUT2D eigenvalue weighted by Gasteiger charge is 2.15. The van der Waals surface area contributed by atoms with Crippen LogP contribution in [0.3, 0.4) is 0 Å². The van der Waals surface area contributed by atoms with E-state index in [9.17, 15) is 0 Å². The van der Waals surface area contributed by atoms with Crippen molar-refractivity contribution >= 4 is 22.6 Å². The molecule has 0 amide bonds. The molecule has 1 aromatic heterocycles. The smallest absolute Gasteiger partial charge is 0.124 e. The molecule has 21 heavy (non-hydrogen) atoms. The van der Waals surface area contributed by atoms with E-state index in [2.05, 4.69) is 4.98 Å². The predicted molar refractivity (Wildman–Crippen MR) is 85.8 cm³/mol. The zero-order valence-corrected chi connectivity index (χ0v) is 11.3. The Balaban J connectivity index is 2.29. The van der Waals surface area contributed by atoms with Crippen LogP contribution in [-0.2, 0) is 0 Å². The van der Waals surface area contributed by atoms with Crippen LogP contribution < -0.4 is 11.5 Å². The molecule has 0 unspecified atom stereocenters. The highest BCUT2D eigenvalue weighted by atomic mass is 14.8. The zero-order chi connectivity index (χ0) is 15.0. The largest absolute Gasteiger partial charge is 0.384 e. The van der Waals surface area contributed by atoms with E-state index < -0.39 is 0 Å². The Morgan fingerprint density at radius 1 is 0.905 bits per heavy atom. The van der Waals surface area contributed by atoms with Crippen LogP contribution in [0.2, 0.25) is 0 Å². The van der Waals surface area contributed by atoms with Crippen molar-refractivity contribution in [1.82, 2.24) is 4.98 Å². The van der Waals surface area contributed by atoms with Gasteiger partial charge in [-0.1, -0.05) is 30.3 Å². The van der Waals surface area contributed by atoms with Crippen molar-refractivity contribution in [2.75, 3.05) is 0 Å². The summed E-state index contributed by atoms with van der Waals surface area (Å²) in [6, 6.07) is 15.4. The SMILES string of the molecule is N=C(N)c1ccc2[nH]c(-c3ccccc3)cc2c1C(=N)N. The minimum atomic E-state index is -0.0931. The summed E-state index contributed by atoms with van der Waals surface area (Å²) in [6.07, 6.45) is 0. The van der Waals surface area contributed by atoms with Crippen molar-refractivity contribution in [2.45, 2.75) is 0 Å². The fourth-order valence-corrected chi connectivity index (χ4v) is 2.49. The summed E-state index contributed by atoms with van der Waals surface area (Å²) in [7, 11) is 0. The first-order valence-corrected chi connectivity index (χ1v) is 6.48. The molecule has 0 aliphatic carbocycles. The summed E-state index contributed by atoms with van der Waals surface area (Å²) >= 11 is 0. The molecule has 2 aromatic carbocycles. The predicted octanol–water partition coefficient (Wildman–Crippen LogP) is 2.40. The third-order valence-electron chi connectivity index (χ3n) is 3.45. The quantitative estimate of drug-likeness (QED) is 0.373. The molecule has 0 aliphatic heterocycles. The number of rotatable bonds is 3. The minimum absolute atomic E-state index is 0.0930. The van der Waals surface area contributed by atoms with Crippen LogP contribution in [0.4, 0.5) is 0 Å². The van der Waals surface area contributed by atoms with E-state index in [-0.39, 0.29) is 11.7 Å². The highest BCUT2D eigenvalue weighted by molar-refractivity contribution is 6.16. The van der Waals surface area contributed by atoms with Crippen molar-refractivity contribution in [3.8, 4) is 11.3 Å². The minimum Gasteiger partial charge on any atom is -0.384 e. The van der Waals surface area contributed by atoms with E-state index in [1.54, 1.807) is 6.07 Å². The molecular weight excluding hydrogens is 262 g/mol. The number of nitrogens with one attached hydrogen (secondary N) is 3. The first-order valence-electron chi connectivity index (χ1n) is 6.48. The number of hydrogen-bond donors (Lipinski definition) is 5. The van der Waals surface area contributed by atoms with E-state index >= 15 is 0 Å². The van der Waals surface area contributed by atoms with Crippen molar-refractivity contribution in [2.24, 2.45) is 11.5 Å². The van der Waals surface area contributed by atoms with Gasteiger partial charge in [0.2, 0.25) is 0 Å². The monoisotopic (exact) mass is 277 g/mol. The second-order valence-corrected chi connectivity index (χ2v) is 4.83. The Morgan fingerprint density at radius 2 is 1.62 bits per heavy atom. The normalized spacial score (nSPS) is 10.7. The van der Waals surface area contributed by atoms with Gasteiger partial charge in [0.05, 0.1) is 0 Å². The molecule has 1 heterocycles. The first-order chi connectivity index (χ1) is 10.1. The van der Waals surface area contributed by atoms with Gasteiger partial charge in [0.15, 0.2) is 0 Å². The van der Waals surface area contributed by atoms with Gasteiger partial charge >= 0.3 is 0 Å². The van der Waals surface area contributed by atoms with Gasteiger partial charge in [-0.25, -0.2) is 0 Å². The third kappa shape index (κ3) is 2.14. The molecule has 0 radical (unpaired) electrons. The Hall–Kier alpha value is -3.08. The van der Waals surface area contributed by atoms with Crippen LogP contribution in [0.25, 0.3) is 22.2 Å². The van der Waals surface area contributed by atoms with E-state index in [4.69, 9.17) is 22.3 Å². The number of benzene rings is 2. The van der Waals surface area contributed by atoms with E-state index in [1.807, 2.05) is 42.5 Å². The molecule has 0 spiro atoms. The number of H-pyrrole nitrogens is 1. The number of nitrogen functional groups attached to an aromatic ring is 2. The number of nitrogens with two attached hydrogens (primary N) is 2. The van der Waals surface area contributed by atoms with Gasteiger partial charge in [0, 0.05) is 27.7 Å². The van der Waals surface area contributed by atoms with Gasteiger partial charge in [-0.05, 0) is 23.8 Å². The standard InChI is InChI=1S/C16H15N5/c17-15(18)10-6-7-12-11(14(10)16(19)20)8-13(21-12)9-4-2-1-3-5-9/h1-8,21H,(H3,17,18)(H3,19,20). The Bertz CT molecular complexity index is 846. The number of fused-ring (bicyclic) bond motifs is 1. The molecule has 0 atom stereocenters. The molecule has 3 rings (SSSR count). The van der Waals surface area contributed by atoms with Crippen molar-refractivity contribution < 1.29 is 0 Å². The van der Waals surface area contributed by atoms with E-state index in [0.717, 1.165) is 22.2 Å². The summed E-state index contributed by atoms with van der Waals surface area (Å²) in [4.78, 5) is 3.31. The third-order valence-corrected chi connectivity index (χ3v) is 3.45. The molecule has 0 fully saturated rings. The average molecular weight is 277 g/mol. The molecule has 104 valence electrons. The summed E-state index contributed by atoms with van der Waals surface area (Å²) < 4.78 is 0. The molecule has 7 N–H and O–H groups in total. The summed E-state index contributed by atoms with van der Waals surface area (Å²) in [5.74, 6) is -0.186. The Labute approximate surface area is 121 Å². The maximum atomic E-state index is 7.78. The lowest BCUT2D eigenvalue weighted by Crippen LogP contribution is -2.20. The number of hydrogen-bond acceptors (Lipinski definition) is 2. The second-order valence-electron chi connectivity index (χ2n) is 4.83. The number of aromatic nitrogens is 1. The van der Waals surface area contributed by atoms with Crippen LogP contribution in [0.5, 0.6) is 0 Å². The van der Waals surface area contributed by atoms with Gasteiger partial charge in [0.25, 0.3) is 0 Å². The van der Waals surface area contributed by atoms with Crippen LogP contribution in [0, 0.1) is 10.8 Å². The molecule has 0 bridgehead atoms. The lowest BCUT2D eigenvalue weighted by molar-refractivity contribution is 1.39. The van der Waals surface area contributed by atoms with Gasteiger partial charge in [0.1, 0.15) is 11.7 Å². The topological polar surface area (TPSA) is 116 Å². The fraction of sp³-hybridized carbons (Fsp3) is 0. The molecule has 3 aromatic rings. The van der Waals surface area contributed by atoms with E-state index in [1.165, 1.54) is 0 Å². The lowest BCUT2D eigenvalue weighted by Gasteiger charge is -2.07. The van der Waals surface area contributed by atoms with Crippen molar-refractivity contribution in [3.05, 3.63) is 59.7 Å². The molecule has 0 saturated heterocycles. The van der Waals surface area contributed by atoms with Crippen LogP contribution in [0.15, 0.2) is 48.5 Å². The highest BCUT2D eigenvalue weighted by Crippen LogP contribution is 2.28. The van der Waals surface area contributed by atoms with Crippen LogP contribution in [-0.4, -0.2) is 16.7 Å². The first kappa shape index (κ1) is 12.9. The lowest BCUT2D eigenvalue weighted by atomic mass is 10.0. The van der Waals surface area contributed by atoms with Crippen LogP contribution in [0.1, 0.15) is 11.1 Å². The van der Waals surface area contributed by atoms with Crippen molar-refractivity contribution in [3.63, 3.8) is 0 Å². The van der Waals surface area contributed by atoms with Gasteiger partial charge < -0.3 is 16.5 Å². The second kappa shape index (κ2) is 4.79.